The average Bonchev–Trinajstić information content (AvgIpc) is 2.57. The Morgan fingerprint density at radius 2 is 2.31 bits per heavy atom. The summed E-state index contributed by atoms with van der Waals surface area (Å²) in [5.74, 6) is 2.07. The maximum Gasteiger partial charge on any atom is 0.123 e. The molecule has 0 aliphatic carbocycles. The van der Waals surface area contributed by atoms with Gasteiger partial charge >= 0.3 is 0 Å². The predicted molar refractivity (Wildman–Crippen MR) is 66.1 cm³/mol. The molecule has 88 valence electrons. The highest BCUT2D eigenvalue weighted by Crippen LogP contribution is 2.28. The Bertz CT molecular complexity index is 367. The Kier molecular flexibility index (Phi) is 3.61. The van der Waals surface area contributed by atoms with Gasteiger partial charge in [-0.05, 0) is 18.6 Å². The van der Waals surface area contributed by atoms with Crippen LogP contribution >= 0.6 is 0 Å². The molecule has 1 aromatic carbocycles. The van der Waals surface area contributed by atoms with Crippen molar-refractivity contribution in [2.45, 2.75) is 25.5 Å². The molecule has 4 heteroatoms. The predicted octanol–water partition coefficient (Wildman–Crippen LogP) is 1.09. The van der Waals surface area contributed by atoms with Crippen LogP contribution < -0.4 is 10.5 Å². The van der Waals surface area contributed by atoms with Crippen LogP contribution in [0.25, 0.3) is 0 Å². The van der Waals surface area contributed by atoms with E-state index in [1.165, 1.54) is 5.56 Å². The summed E-state index contributed by atoms with van der Waals surface area (Å²) < 4.78 is 17.4. The van der Waals surface area contributed by atoms with Gasteiger partial charge in [-0.3, -0.25) is 4.21 Å². The third kappa shape index (κ3) is 2.83. The van der Waals surface area contributed by atoms with Crippen LogP contribution in [-0.4, -0.2) is 27.9 Å². The fourth-order valence-electron chi connectivity index (χ4n) is 1.92. The fourth-order valence-corrected chi connectivity index (χ4v) is 3.24. The molecule has 2 N–H and O–H groups in total. The molecule has 1 aliphatic rings. The molecule has 1 heterocycles. The van der Waals surface area contributed by atoms with Gasteiger partial charge in [0, 0.05) is 29.0 Å². The zero-order chi connectivity index (χ0) is 11.5. The molecule has 0 amide bonds. The summed E-state index contributed by atoms with van der Waals surface area (Å²) in [7, 11) is -0.878. The van der Waals surface area contributed by atoms with E-state index >= 15 is 0 Å². The maximum absolute atomic E-state index is 11.7. The first-order valence-corrected chi connectivity index (χ1v) is 6.99. The van der Waals surface area contributed by atoms with Gasteiger partial charge in [-0.25, -0.2) is 0 Å². The molecular formula is C12H17NO2S. The second kappa shape index (κ2) is 4.97. The number of rotatable bonds is 4. The van der Waals surface area contributed by atoms with E-state index in [4.69, 9.17) is 10.5 Å². The van der Waals surface area contributed by atoms with Crippen molar-refractivity contribution in [2.75, 3.05) is 11.5 Å². The number of benzene rings is 1. The highest BCUT2D eigenvalue weighted by atomic mass is 32.2. The molecule has 16 heavy (non-hydrogen) atoms. The molecule has 0 spiro atoms. The molecule has 3 unspecified atom stereocenters. The van der Waals surface area contributed by atoms with Crippen molar-refractivity contribution >= 4 is 10.8 Å². The van der Waals surface area contributed by atoms with Crippen molar-refractivity contribution in [3.05, 3.63) is 29.8 Å². The summed E-state index contributed by atoms with van der Waals surface area (Å²) in [6.07, 6.45) is 0.915. The summed E-state index contributed by atoms with van der Waals surface area (Å²) in [6, 6.07) is 7.97. The van der Waals surface area contributed by atoms with Crippen molar-refractivity contribution < 1.29 is 8.95 Å². The molecule has 1 aromatic rings. The van der Waals surface area contributed by atoms with Crippen molar-refractivity contribution in [1.82, 2.24) is 0 Å². The number of hydrogen-bond donors (Lipinski definition) is 1. The highest BCUT2D eigenvalue weighted by Gasteiger charge is 2.24. The second-order valence-corrected chi connectivity index (χ2v) is 5.85. The molecule has 3 atom stereocenters. The van der Waals surface area contributed by atoms with E-state index in [-0.39, 0.29) is 12.1 Å². The smallest absolute Gasteiger partial charge is 0.123 e. The molecule has 0 fully saturated rings. The normalized spacial score (nSPS) is 22.2. The van der Waals surface area contributed by atoms with Crippen LogP contribution in [0.1, 0.15) is 12.5 Å². The Hall–Kier alpha value is -0.870. The van der Waals surface area contributed by atoms with E-state index < -0.39 is 10.8 Å². The van der Waals surface area contributed by atoms with E-state index in [2.05, 4.69) is 6.07 Å². The number of fused-ring (bicyclic) bond motifs is 1. The molecular weight excluding hydrogens is 222 g/mol. The topological polar surface area (TPSA) is 52.3 Å². The standard InChI is InChI=1S/C12H17NO2S/c1-9(13)7-16(14)8-11-6-10-4-2-3-5-12(10)15-11/h2-5,9,11H,6-8,13H2,1H3. The minimum Gasteiger partial charge on any atom is -0.489 e. The molecule has 0 radical (unpaired) electrons. The summed E-state index contributed by atoms with van der Waals surface area (Å²) in [6.45, 7) is 1.88. The Labute approximate surface area is 98.4 Å². The van der Waals surface area contributed by atoms with Crippen LogP contribution in [0.4, 0.5) is 0 Å². The number of para-hydroxylation sites is 1. The average molecular weight is 239 g/mol. The SMILES string of the molecule is CC(N)CS(=O)CC1Cc2ccccc2O1. The van der Waals surface area contributed by atoms with Gasteiger partial charge in [-0.1, -0.05) is 18.2 Å². The molecule has 3 nitrogen and oxygen atoms in total. The Balaban J connectivity index is 1.90. The van der Waals surface area contributed by atoms with E-state index in [1.54, 1.807) is 0 Å². The summed E-state index contributed by atoms with van der Waals surface area (Å²) in [5.41, 5.74) is 6.83. The van der Waals surface area contributed by atoms with Gasteiger partial charge in [0.2, 0.25) is 0 Å². The largest absolute Gasteiger partial charge is 0.489 e. The first-order chi connectivity index (χ1) is 7.65. The van der Waals surface area contributed by atoms with Crippen molar-refractivity contribution in [2.24, 2.45) is 5.73 Å². The lowest BCUT2D eigenvalue weighted by Crippen LogP contribution is -2.29. The van der Waals surface area contributed by atoms with E-state index in [0.717, 1.165) is 12.2 Å². The summed E-state index contributed by atoms with van der Waals surface area (Å²) in [5, 5.41) is 0. The van der Waals surface area contributed by atoms with Gasteiger partial charge in [0.25, 0.3) is 0 Å². The van der Waals surface area contributed by atoms with Crippen molar-refractivity contribution in [3.63, 3.8) is 0 Å². The van der Waals surface area contributed by atoms with Gasteiger partial charge in [0.05, 0.1) is 5.75 Å². The Morgan fingerprint density at radius 3 is 3.00 bits per heavy atom. The van der Waals surface area contributed by atoms with Crippen LogP contribution in [0.15, 0.2) is 24.3 Å². The molecule has 0 saturated carbocycles. The van der Waals surface area contributed by atoms with Crippen LogP contribution in [0.3, 0.4) is 0 Å². The summed E-state index contributed by atoms with van der Waals surface area (Å²) in [4.78, 5) is 0. The lowest BCUT2D eigenvalue weighted by atomic mass is 10.1. The number of nitrogens with two attached hydrogens (primary N) is 1. The summed E-state index contributed by atoms with van der Waals surface area (Å²) >= 11 is 0. The quantitative estimate of drug-likeness (QED) is 0.855. The van der Waals surface area contributed by atoms with Gasteiger partial charge in [-0.15, -0.1) is 0 Å². The van der Waals surface area contributed by atoms with Crippen LogP contribution in [0, 0.1) is 0 Å². The highest BCUT2D eigenvalue weighted by molar-refractivity contribution is 7.85. The van der Waals surface area contributed by atoms with Crippen LogP contribution in [0.2, 0.25) is 0 Å². The molecule has 2 rings (SSSR count). The van der Waals surface area contributed by atoms with Gasteiger partial charge in [0.1, 0.15) is 11.9 Å². The van der Waals surface area contributed by atoms with E-state index in [0.29, 0.717) is 11.5 Å². The third-order valence-corrected chi connectivity index (χ3v) is 4.18. The molecule has 0 bridgehead atoms. The molecule has 1 aliphatic heterocycles. The van der Waals surface area contributed by atoms with Gasteiger partial charge in [0.15, 0.2) is 0 Å². The second-order valence-electron chi connectivity index (χ2n) is 4.30. The number of hydrogen-bond acceptors (Lipinski definition) is 3. The zero-order valence-corrected chi connectivity index (χ0v) is 10.2. The molecule has 0 aromatic heterocycles. The maximum atomic E-state index is 11.7. The Morgan fingerprint density at radius 1 is 1.56 bits per heavy atom. The zero-order valence-electron chi connectivity index (χ0n) is 9.39. The minimum atomic E-state index is -0.878. The van der Waals surface area contributed by atoms with Crippen molar-refractivity contribution in [3.8, 4) is 5.75 Å². The third-order valence-electron chi connectivity index (χ3n) is 2.53. The van der Waals surface area contributed by atoms with E-state index in [9.17, 15) is 4.21 Å². The minimum absolute atomic E-state index is 0.00962. The lowest BCUT2D eigenvalue weighted by Gasteiger charge is -2.11. The first-order valence-electron chi connectivity index (χ1n) is 5.50. The fraction of sp³-hybridized carbons (Fsp3) is 0.500. The van der Waals surface area contributed by atoms with Crippen molar-refractivity contribution in [1.29, 1.82) is 0 Å². The monoisotopic (exact) mass is 239 g/mol. The van der Waals surface area contributed by atoms with Crippen LogP contribution in [0.5, 0.6) is 5.75 Å². The van der Waals surface area contributed by atoms with Gasteiger partial charge < -0.3 is 10.5 Å². The first kappa shape index (κ1) is 11.6. The van der Waals surface area contributed by atoms with E-state index in [1.807, 2.05) is 25.1 Å². The lowest BCUT2D eigenvalue weighted by molar-refractivity contribution is 0.258. The molecule has 0 saturated heterocycles. The van der Waals surface area contributed by atoms with Crippen LogP contribution in [-0.2, 0) is 17.2 Å². The number of ether oxygens (including phenoxy) is 1. The van der Waals surface area contributed by atoms with Gasteiger partial charge in [-0.2, -0.15) is 0 Å².